The van der Waals surface area contributed by atoms with Crippen molar-refractivity contribution in [2.24, 2.45) is 4.99 Å². The van der Waals surface area contributed by atoms with Crippen LogP contribution in [0.3, 0.4) is 0 Å². The van der Waals surface area contributed by atoms with E-state index in [0.717, 1.165) is 11.1 Å². The molecule has 1 fully saturated rings. The number of amides is 1. The van der Waals surface area contributed by atoms with Gasteiger partial charge in [0.05, 0.1) is 25.1 Å². The van der Waals surface area contributed by atoms with Crippen molar-refractivity contribution in [2.45, 2.75) is 6.61 Å². The van der Waals surface area contributed by atoms with Crippen LogP contribution < -0.4 is 4.74 Å². The molecule has 0 radical (unpaired) electrons. The number of amidine groups is 1. The molecule has 1 aliphatic heterocycles. The van der Waals surface area contributed by atoms with E-state index in [1.165, 1.54) is 40.9 Å². The number of ether oxygens (including phenoxy) is 1. The molecule has 3 aromatic carbocycles. The van der Waals surface area contributed by atoms with Gasteiger partial charge in [-0.05, 0) is 109 Å². The standard InChI is InChI=1S/C25H17Br2FN2O4S/c1-30-23(31)21(35-25(30)29-18-8-4-16(5-9-18)24(32)33)12-15-10-19(26)22(20(27)11-15)34-13-14-2-6-17(28)7-3-14/h2-12H,13H2,1H3,(H,32,33)/b21-12+,29-25?. The third-order valence-electron chi connectivity index (χ3n) is 4.96. The normalized spacial score (nSPS) is 15.8. The number of rotatable bonds is 6. The minimum absolute atomic E-state index is 0.166. The lowest BCUT2D eigenvalue weighted by atomic mass is 10.2. The van der Waals surface area contributed by atoms with Crippen LogP contribution in [0.4, 0.5) is 10.1 Å². The van der Waals surface area contributed by atoms with Crippen molar-refractivity contribution in [3.63, 3.8) is 0 Å². The second kappa shape index (κ2) is 10.8. The van der Waals surface area contributed by atoms with Gasteiger partial charge in [-0.15, -0.1) is 0 Å². The number of carboxylic acids is 1. The quantitative estimate of drug-likeness (QED) is 0.305. The predicted molar refractivity (Wildman–Crippen MR) is 141 cm³/mol. The molecule has 0 aliphatic carbocycles. The zero-order valence-electron chi connectivity index (χ0n) is 18.2. The Hall–Kier alpha value is -2.95. The maximum atomic E-state index is 13.1. The first-order valence-corrected chi connectivity index (χ1v) is 12.6. The van der Waals surface area contributed by atoms with Crippen LogP contribution in [0.5, 0.6) is 5.75 Å². The third-order valence-corrected chi connectivity index (χ3v) is 7.20. The van der Waals surface area contributed by atoms with Crippen molar-refractivity contribution in [3.05, 3.63) is 97.0 Å². The van der Waals surface area contributed by atoms with Crippen LogP contribution in [0.2, 0.25) is 0 Å². The zero-order valence-corrected chi connectivity index (χ0v) is 22.2. The summed E-state index contributed by atoms with van der Waals surface area (Å²) in [5.41, 5.74) is 2.32. The van der Waals surface area contributed by atoms with Gasteiger partial charge in [-0.3, -0.25) is 9.69 Å². The number of carbonyl (C=O) groups is 2. The largest absolute Gasteiger partial charge is 0.487 e. The van der Waals surface area contributed by atoms with Gasteiger partial charge in [-0.2, -0.15) is 0 Å². The van der Waals surface area contributed by atoms with E-state index < -0.39 is 5.97 Å². The highest BCUT2D eigenvalue weighted by Gasteiger charge is 2.30. The average molecular weight is 620 g/mol. The summed E-state index contributed by atoms with van der Waals surface area (Å²) in [5.74, 6) is -0.922. The van der Waals surface area contributed by atoms with Gasteiger partial charge in [0.15, 0.2) is 5.17 Å². The van der Waals surface area contributed by atoms with E-state index in [2.05, 4.69) is 36.9 Å². The van der Waals surface area contributed by atoms with Crippen LogP contribution in [0, 0.1) is 5.82 Å². The summed E-state index contributed by atoms with van der Waals surface area (Å²) in [6.45, 7) is 0.268. The van der Waals surface area contributed by atoms with E-state index in [1.54, 1.807) is 37.4 Å². The van der Waals surface area contributed by atoms with Gasteiger partial charge >= 0.3 is 5.97 Å². The van der Waals surface area contributed by atoms with Crippen LogP contribution in [-0.4, -0.2) is 34.1 Å². The van der Waals surface area contributed by atoms with Crippen LogP contribution in [0.1, 0.15) is 21.5 Å². The Morgan fingerprint density at radius 2 is 1.74 bits per heavy atom. The highest BCUT2D eigenvalue weighted by Crippen LogP contribution is 2.38. The van der Waals surface area contributed by atoms with Crippen molar-refractivity contribution in [3.8, 4) is 5.75 Å². The second-order valence-electron chi connectivity index (χ2n) is 7.45. The number of hydrogen-bond donors (Lipinski definition) is 1. The lowest BCUT2D eigenvalue weighted by Crippen LogP contribution is -2.23. The molecule has 1 aliphatic rings. The number of thioether (sulfide) groups is 1. The molecule has 0 atom stereocenters. The van der Waals surface area contributed by atoms with Crippen molar-refractivity contribution in [1.29, 1.82) is 0 Å². The Bertz CT molecular complexity index is 1340. The molecule has 1 amide bonds. The lowest BCUT2D eigenvalue weighted by Gasteiger charge is -2.11. The Labute approximate surface area is 221 Å². The van der Waals surface area contributed by atoms with Gasteiger partial charge in [-0.25, -0.2) is 14.2 Å². The van der Waals surface area contributed by atoms with Crippen LogP contribution in [-0.2, 0) is 11.4 Å². The second-order valence-corrected chi connectivity index (χ2v) is 10.2. The number of likely N-dealkylation sites (N-methyl/N-ethyl adjacent to an activating group) is 1. The van der Waals surface area contributed by atoms with E-state index in [9.17, 15) is 14.0 Å². The molecular formula is C25H17Br2FN2O4S. The number of benzene rings is 3. The van der Waals surface area contributed by atoms with Crippen molar-refractivity contribution < 1.29 is 23.8 Å². The summed E-state index contributed by atoms with van der Waals surface area (Å²) in [6.07, 6.45) is 1.76. The van der Waals surface area contributed by atoms with E-state index >= 15 is 0 Å². The molecule has 0 spiro atoms. The van der Waals surface area contributed by atoms with Crippen LogP contribution in [0.25, 0.3) is 6.08 Å². The first-order valence-electron chi connectivity index (χ1n) is 10.2. The van der Waals surface area contributed by atoms with Gasteiger partial charge in [0.2, 0.25) is 0 Å². The van der Waals surface area contributed by atoms with Gasteiger partial charge in [0, 0.05) is 7.05 Å². The summed E-state index contributed by atoms with van der Waals surface area (Å²) in [6, 6.07) is 15.9. The maximum absolute atomic E-state index is 13.1. The van der Waals surface area contributed by atoms with Gasteiger partial charge < -0.3 is 9.84 Å². The minimum Gasteiger partial charge on any atom is -0.487 e. The molecule has 4 rings (SSSR count). The fourth-order valence-electron chi connectivity index (χ4n) is 3.13. The molecule has 178 valence electrons. The van der Waals surface area contributed by atoms with E-state index in [-0.39, 0.29) is 23.9 Å². The number of hydrogen-bond acceptors (Lipinski definition) is 5. The fourth-order valence-corrected chi connectivity index (χ4v) is 5.57. The molecule has 1 heterocycles. The Morgan fingerprint density at radius 1 is 1.11 bits per heavy atom. The minimum atomic E-state index is -1.01. The van der Waals surface area contributed by atoms with Crippen LogP contribution in [0.15, 0.2) is 79.5 Å². The van der Waals surface area contributed by atoms with E-state index in [4.69, 9.17) is 9.84 Å². The molecule has 0 unspecified atom stereocenters. The predicted octanol–water partition coefficient (Wildman–Crippen LogP) is 6.86. The topological polar surface area (TPSA) is 79.2 Å². The van der Waals surface area contributed by atoms with E-state index in [1.807, 2.05) is 12.1 Å². The number of carboxylic acid groups (broad SMARTS) is 1. The SMILES string of the molecule is CN1C(=O)/C(=C\c2cc(Br)c(OCc3ccc(F)cc3)c(Br)c2)SC1=Nc1ccc(C(=O)O)cc1. The highest BCUT2D eigenvalue weighted by molar-refractivity contribution is 9.11. The van der Waals surface area contributed by atoms with Crippen LogP contribution >= 0.6 is 43.6 Å². The summed E-state index contributed by atoms with van der Waals surface area (Å²) in [5, 5.41) is 9.52. The summed E-state index contributed by atoms with van der Waals surface area (Å²) in [7, 11) is 1.64. The molecule has 0 aromatic heterocycles. The van der Waals surface area contributed by atoms with Crippen molar-refractivity contribution >= 4 is 72.4 Å². The average Bonchev–Trinajstić information content (AvgIpc) is 3.07. The highest BCUT2D eigenvalue weighted by atomic mass is 79.9. The lowest BCUT2D eigenvalue weighted by molar-refractivity contribution is -0.121. The fraction of sp³-hybridized carbons (Fsp3) is 0.0800. The van der Waals surface area contributed by atoms with Gasteiger partial charge in [0.1, 0.15) is 18.2 Å². The van der Waals surface area contributed by atoms with Gasteiger partial charge in [-0.1, -0.05) is 12.1 Å². The Kier molecular flexibility index (Phi) is 7.73. The number of nitrogens with zero attached hydrogens (tertiary/aromatic N) is 2. The monoisotopic (exact) mass is 618 g/mol. The molecule has 0 saturated carbocycles. The molecule has 10 heteroatoms. The van der Waals surface area contributed by atoms with E-state index in [0.29, 0.717) is 30.5 Å². The molecule has 6 nitrogen and oxygen atoms in total. The van der Waals surface area contributed by atoms with Crippen molar-refractivity contribution in [1.82, 2.24) is 4.90 Å². The molecule has 3 aromatic rings. The van der Waals surface area contributed by atoms with Gasteiger partial charge in [0.25, 0.3) is 5.91 Å². The number of aliphatic imine (C=N–C) groups is 1. The summed E-state index contributed by atoms with van der Waals surface area (Å²) in [4.78, 5) is 30.2. The van der Waals surface area contributed by atoms with Crippen molar-refractivity contribution in [2.75, 3.05) is 7.05 Å². The molecule has 1 saturated heterocycles. The molecule has 0 bridgehead atoms. The number of aromatic carboxylic acids is 1. The summed E-state index contributed by atoms with van der Waals surface area (Å²) >= 11 is 8.27. The zero-order chi connectivity index (χ0) is 25.1. The Morgan fingerprint density at radius 3 is 2.34 bits per heavy atom. The summed E-state index contributed by atoms with van der Waals surface area (Å²) < 4.78 is 20.4. The first-order chi connectivity index (χ1) is 16.7. The first kappa shape index (κ1) is 25.2. The molecule has 1 N–H and O–H groups in total. The number of carbonyl (C=O) groups excluding carboxylic acids is 1. The molecule has 35 heavy (non-hydrogen) atoms. The smallest absolute Gasteiger partial charge is 0.335 e. The molecular weight excluding hydrogens is 603 g/mol. The number of halogens is 3. The third kappa shape index (κ3) is 6.01. The Balaban J connectivity index is 1.52. The maximum Gasteiger partial charge on any atom is 0.335 e.